The number of urea groups is 1. The van der Waals surface area contributed by atoms with E-state index in [1.165, 1.54) is 36.6 Å². The van der Waals surface area contributed by atoms with E-state index in [2.05, 4.69) is 42.4 Å². The maximum Gasteiger partial charge on any atom is 0.414 e. The number of carbonyl (C=O) groups is 2. The van der Waals surface area contributed by atoms with E-state index in [4.69, 9.17) is 9.47 Å². The summed E-state index contributed by atoms with van der Waals surface area (Å²) in [6.45, 7) is 5.70. The summed E-state index contributed by atoms with van der Waals surface area (Å²) in [5, 5.41) is 5.36. The molecule has 2 saturated heterocycles. The molecular formula is C25H35F2N9O4. The van der Waals surface area contributed by atoms with Crippen LogP contribution in [0.5, 0.6) is 11.8 Å². The quantitative estimate of drug-likeness (QED) is 0.517. The van der Waals surface area contributed by atoms with E-state index in [9.17, 15) is 18.4 Å². The van der Waals surface area contributed by atoms with Crippen LogP contribution in [0.4, 0.5) is 30.1 Å². The molecule has 0 radical (unpaired) electrons. The van der Waals surface area contributed by atoms with Crippen LogP contribution in [0, 0.1) is 5.92 Å². The molecule has 40 heavy (non-hydrogen) atoms. The van der Waals surface area contributed by atoms with Crippen LogP contribution < -0.4 is 25.0 Å². The number of likely N-dealkylation sites (N-methyl/N-ethyl adjacent to an activating group) is 1. The van der Waals surface area contributed by atoms with Gasteiger partial charge in [-0.05, 0) is 32.9 Å². The van der Waals surface area contributed by atoms with Crippen molar-refractivity contribution in [3.63, 3.8) is 0 Å². The zero-order valence-corrected chi connectivity index (χ0v) is 23.0. The lowest BCUT2D eigenvalue weighted by Gasteiger charge is -2.42. The van der Waals surface area contributed by atoms with Crippen molar-refractivity contribution < 1.29 is 27.8 Å². The van der Waals surface area contributed by atoms with Gasteiger partial charge in [0.15, 0.2) is 5.82 Å². The van der Waals surface area contributed by atoms with E-state index >= 15 is 0 Å². The Labute approximate surface area is 231 Å². The molecule has 3 atom stereocenters. The van der Waals surface area contributed by atoms with Crippen LogP contribution in [0.3, 0.4) is 0 Å². The third kappa shape index (κ3) is 7.20. The fourth-order valence-corrected chi connectivity index (χ4v) is 4.80. The molecule has 2 aromatic rings. The SMILES string of the molecule is CCOc1cnc(NC(=O)N(C)[C@H]2CN(c3nccc(OC(=O)N[C@@H]4CCN(C)C[C@@H]4C)n3)CCC2(F)F)cn1. The zero-order chi connectivity index (χ0) is 28.9. The van der Waals surface area contributed by atoms with Crippen molar-refractivity contribution >= 4 is 23.9 Å². The highest BCUT2D eigenvalue weighted by atomic mass is 19.3. The summed E-state index contributed by atoms with van der Waals surface area (Å²) in [5.74, 6) is -2.41. The predicted molar refractivity (Wildman–Crippen MR) is 142 cm³/mol. The van der Waals surface area contributed by atoms with Crippen molar-refractivity contribution in [2.45, 2.75) is 44.7 Å². The molecule has 0 bridgehead atoms. The monoisotopic (exact) mass is 563 g/mol. The molecule has 13 nitrogen and oxygen atoms in total. The van der Waals surface area contributed by atoms with Crippen molar-refractivity contribution in [2.24, 2.45) is 5.92 Å². The largest absolute Gasteiger partial charge is 0.477 e. The first-order valence-corrected chi connectivity index (χ1v) is 13.2. The van der Waals surface area contributed by atoms with Crippen LogP contribution in [0.15, 0.2) is 24.7 Å². The van der Waals surface area contributed by atoms with Gasteiger partial charge in [-0.15, -0.1) is 0 Å². The Morgan fingerprint density at radius 2 is 1.98 bits per heavy atom. The van der Waals surface area contributed by atoms with Gasteiger partial charge in [0.1, 0.15) is 6.04 Å². The molecule has 2 fully saturated rings. The van der Waals surface area contributed by atoms with E-state index in [-0.39, 0.29) is 48.6 Å². The minimum absolute atomic E-state index is 0.00265. The average molecular weight is 564 g/mol. The minimum Gasteiger partial charge on any atom is -0.477 e. The molecule has 4 heterocycles. The summed E-state index contributed by atoms with van der Waals surface area (Å²) in [4.78, 5) is 46.5. The number of piperidine rings is 2. The van der Waals surface area contributed by atoms with Crippen LogP contribution in [0.1, 0.15) is 26.7 Å². The lowest BCUT2D eigenvalue weighted by molar-refractivity contribution is -0.0760. The van der Waals surface area contributed by atoms with Gasteiger partial charge in [0.25, 0.3) is 5.92 Å². The topological polar surface area (TPSA) is 138 Å². The van der Waals surface area contributed by atoms with Gasteiger partial charge in [0.05, 0.1) is 19.0 Å². The first kappa shape index (κ1) is 29.1. The summed E-state index contributed by atoms with van der Waals surface area (Å²) in [7, 11) is 3.32. The van der Waals surface area contributed by atoms with Crippen molar-refractivity contribution in [3.8, 4) is 11.8 Å². The number of hydrogen-bond acceptors (Lipinski definition) is 10. The number of alkyl halides is 2. The first-order valence-electron chi connectivity index (χ1n) is 13.2. The first-order chi connectivity index (χ1) is 19.1. The van der Waals surface area contributed by atoms with Gasteiger partial charge in [-0.1, -0.05) is 6.92 Å². The molecule has 0 saturated carbocycles. The molecule has 0 spiro atoms. The van der Waals surface area contributed by atoms with E-state index < -0.39 is 30.5 Å². The molecule has 2 aliphatic rings. The Bertz CT molecular complexity index is 1170. The molecule has 4 rings (SSSR count). The standard InChI is InChI=1S/C25H35F2N9O4/c1-5-39-21-13-29-19(12-30-21)32-23(37)35(4)18-15-36(11-8-25(18,26)27)22-28-9-6-20(33-22)40-24(38)31-17-7-10-34(3)14-16(17)2/h6,9,12-13,16-18H,5,7-8,10-11,14-15H2,1-4H3,(H,31,38)(H,29,32,37)/t16-,17+,18-/m0/s1. The van der Waals surface area contributed by atoms with Crippen LogP contribution in [-0.2, 0) is 0 Å². The number of nitrogens with one attached hydrogen (secondary N) is 2. The molecule has 15 heteroatoms. The zero-order valence-electron chi connectivity index (χ0n) is 23.0. The number of rotatable bonds is 7. The van der Waals surface area contributed by atoms with Gasteiger partial charge in [0, 0.05) is 51.4 Å². The highest BCUT2D eigenvalue weighted by molar-refractivity contribution is 5.88. The third-order valence-electron chi connectivity index (χ3n) is 7.05. The highest BCUT2D eigenvalue weighted by Gasteiger charge is 2.48. The van der Waals surface area contributed by atoms with Gasteiger partial charge in [-0.3, -0.25) is 5.32 Å². The van der Waals surface area contributed by atoms with Crippen molar-refractivity contribution in [1.82, 2.24) is 35.1 Å². The van der Waals surface area contributed by atoms with E-state index in [0.717, 1.165) is 24.4 Å². The number of amides is 3. The molecule has 0 unspecified atom stereocenters. The van der Waals surface area contributed by atoms with Crippen LogP contribution in [0.2, 0.25) is 0 Å². The fraction of sp³-hybridized carbons (Fsp3) is 0.600. The second-order valence-corrected chi connectivity index (χ2v) is 10.1. The van der Waals surface area contributed by atoms with E-state index in [1.807, 2.05) is 7.05 Å². The Morgan fingerprint density at radius 3 is 2.67 bits per heavy atom. The maximum atomic E-state index is 15.0. The molecular weight excluding hydrogens is 528 g/mol. The smallest absolute Gasteiger partial charge is 0.414 e. The lowest BCUT2D eigenvalue weighted by Crippen LogP contribution is -2.60. The Hall–Kier alpha value is -3.88. The Balaban J connectivity index is 1.38. The molecule has 2 aliphatic heterocycles. The number of carbonyl (C=O) groups excluding carboxylic acids is 2. The lowest BCUT2D eigenvalue weighted by atomic mass is 9.94. The molecule has 3 amide bonds. The van der Waals surface area contributed by atoms with Crippen molar-refractivity contribution in [3.05, 3.63) is 24.7 Å². The van der Waals surface area contributed by atoms with Gasteiger partial charge in [0.2, 0.25) is 17.7 Å². The van der Waals surface area contributed by atoms with Crippen LogP contribution in [-0.4, -0.2) is 107 Å². The van der Waals surface area contributed by atoms with Gasteiger partial charge >= 0.3 is 12.1 Å². The Kier molecular flexibility index (Phi) is 9.12. The van der Waals surface area contributed by atoms with E-state index in [1.54, 1.807) is 6.92 Å². The number of aromatic nitrogens is 4. The summed E-state index contributed by atoms with van der Waals surface area (Å²) in [5.41, 5.74) is 0. The highest BCUT2D eigenvalue weighted by Crippen LogP contribution is 2.33. The second-order valence-electron chi connectivity index (χ2n) is 10.1. The van der Waals surface area contributed by atoms with Gasteiger partial charge in [-0.2, -0.15) is 4.98 Å². The fourth-order valence-electron chi connectivity index (χ4n) is 4.80. The molecule has 2 aromatic heterocycles. The van der Waals surface area contributed by atoms with Crippen LogP contribution >= 0.6 is 0 Å². The van der Waals surface area contributed by atoms with E-state index in [0.29, 0.717) is 6.61 Å². The van der Waals surface area contributed by atoms with Gasteiger partial charge in [-0.25, -0.2) is 33.3 Å². The normalized spacial score (nSPS) is 22.8. The number of likely N-dealkylation sites (tertiary alicyclic amines) is 1. The van der Waals surface area contributed by atoms with Gasteiger partial charge < -0.3 is 29.5 Å². The van der Waals surface area contributed by atoms with Crippen molar-refractivity contribution in [2.75, 3.05) is 57.1 Å². The minimum atomic E-state index is -3.16. The summed E-state index contributed by atoms with van der Waals surface area (Å²) in [6, 6.07) is -0.860. The molecule has 218 valence electrons. The van der Waals surface area contributed by atoms with Crippen molar-refractivity contribution in [1.29, 1.82) is 0 Å². The Morgan fingerprint density at radius 1 is 1.18 bits per heavy atom. The maximum absolute atomic E-state index is 15.0. The molecule has 2 N–H and O–H groups in total. The summed E-state index contributed by atoms with van der Waals surface area (Å²) in [6.07, 6.45) is 3.65. The number of nitrogens with zero attached hydrogens (tertiary/aromatic N) is 7. The van der Waals surface area contributed by atoms with Crippen LogP contribution in [0.25, 0.3) is 0 Å². The number of ether oxygens (including phenoxy) is 2. The summed E-state index contributed by atoms with van der Waals surface area (Å²) >= 11 is 0. The molecule has 0 aromatic carbocycles. The molecule has 0 aliphatic carbocycles. The number of hydrogen-bond donors (Lipinski definition) is 2. The number of anilines is 2. The summed E-state index contributed by atoms with van der Waals surface area (Å²) < 4.78 is 40.5. The predicted octanol–water partition coefficient (Wildman–Crippen LogP) is 2.47. The number of halogens is 2. The second kappa shape index (κ2) is 12.5. The average Bonchev–Trinajstić information content (AvgIpc) is 2.91. The third-order valence-corrected chi connectivity index (χ3v) is 7.05.